The van der Waals surface area contributed by atoms with Crippen molar-refractivity contribution in [2.45, 2.75) is 57.5 Å². The maximum Gasteiger partial charge on any atom is 0.0691 e. The highest BCUT2D eigenvalue weighted by molar-refractivity contribution is 5.85. The molecule has 1 N–H and O–H groups in total. The van der Waals surface area contributed by atoms with Crippen molar-refractivity contribution in [2.24, 2.45) is 5.92 Å². The second kappa shape index (κ2) is 14.0. The Bertz CT molecular complexity index is 646. The average molecular weight is 440 g/mol. The third-order valence-electron chi connectivity index (χ3n) is 6.02. The van der Waals surface area contributed by atoms with Crippen LogP contribution in [0.4, 0.5) is 0 Å². The van der Waals surface area contributed by atoms with Crippen molar-refractivity contribution < 1.29 is 0 Å². The predicted octanol–water partition coefficient (Wildman–Crippen LogP) is 6.33. The molecule has 2 unspecified atom stereocenters. The summed E-state index contributed by atoms with van der Waals surface area (Å²) in [4.78, 5) is 2.34. The van der Waals surface area contributed by atoms with Gasteiger partial charge in [0.15, 0.2) is 0 Å². The minimum atomic E-state index is 0. The number of nitrogens with one attached hydrogen (secondary N) is 1. The zero-order valence-electron chi connectivity index (χ0n) is 18.7. The van der Waals surface area contributed by atoms with Crippen LogP contribution in [-0.4, -0.2) is 32.2 Å². The first-order chi connectivity index (χ1) is 13.0. The molecule has 2 aromatic carbocycles. The summed E-state index contributed by atoms with van der Waals surface area (Å²) >= 11 is 0. The molecule has 0 aliphatic carbocycles. The van der Waals surface area contributed by atoms with E-state index in [1.165, 1.54) is 43.2 Å². The molecule has 0 radical (unpaired) electrons. The molecule has 0 aliphatic rings. The second-order valence-electron chi connectivity index (χ2n) is 8.26. The first kappa shape index (κ1) is 27.9. The SMILES string of the molecule is CNC(N(C)C)C(CCCCCc1ccccc1)(c1ccccc1)C(C)C.Cl.Cl. The first-order valence-electron chi connectivity index (χ1n) is 10.5. The molecule has 2 rings (SSSR count). The van der Waals surface area contributed by atoms with E-state index in [1.54, 1.807) is 0 Å². The number of likely N-dealkylation sites (N-methyl/N-ethyl adjacent to an activating group) is 2. The molecule has 0 amide bonds. The van der Waals surface area contributed by atoms with Crippen molar-refractivity contribution in [3.05, 3.63) is 71.8 Å². The Hall–Kier alpha value is -1.06. The van der Waals surface area contributed by atoms with Crippen molar-refractivity contribution in [3.63, 3.8) is 0 Å². The number of halogens is 2. The maximum atomic E-state index is 3.61. The molecule has 0 bridgehead atoms. The average Bonchev–Trinajstić information content (AvgIpc) is 2.68. The van der Waals surface area contributed by atoms with Crippen LogP contribution in [0.1, 0.15) is 50.7 Å². The predicted molar refractivity (Wildman–Crippen MR) is 133 cm³/mol. The van der Waals surface area contributed by atoms with Gasteiger partial charge in [-0.3, -0.25) is 4.90 Å². The van der Waals surface area contributed by atoms with Gasteiger partial charge in [0, 0.05) is 5.41 Å². The van der Waals surface area contributed by atoms with Crippen molar-refractivity contribution in [1.29, 1.82) is 0 Å². The zero-order valence-corrected chi connectivity index (χ0v) is 20.4. The van der Waals surface area contributed by atoms with Gasteiger partial charge in [-0.05, 0) is 57.5 Å². The van der Waals surface area contributed by atoms with Gasteiger partial charge in [-0.25, -0.2) is 0 Å². The lowest BCUT2D eigenvalue weighted by molar-refractivity contribution is 0.0934. The minimum Gasteiger partial charge on any atom is -0.304 e. The van der Waals surface area contributed by atoms with Crippen molar-refractivity contribution in [1.82, 2.24) is 10.2 Å². The molecule has 2 aromatic rings. The quantitative estimate of drug-likeness (QED) is 0.325. The molecule has 0 aromatic heterocycles. The van der Waals surface area contributed by atoms with E-state index in [0.29, 0.717) is 12.1 Å². The van der Waals surface area contributed by atoms with Crippen LogP contribution in [-0.2, 0) is 11.8 Å². The Balaban J connectivity index is 0.00000392. The largest absolute Gasteiger partial charge is 0.304 e. The van der Waals surface area contributed by atoms with Gasteiger partial charge in [0.05, 0.1) is 6.17 Å². The third-order valence-corrected chi connectivity index (χ3v) is 6.02. The van der Waals surface area contributed by atoms with Gasteiger partial charge in [0.25, 0.3) is 0 Å². The number of rotatable bonds is 11. The van der Waals surface area contributed by atoms with Gasteiger partial charge in [-0.1, -0.05) is 87.4 Å². The smallest absolute Gasteiger partial charge is 0.0691 e. The lowest BCUT2D eigenvalue weighted by Gasteiger charge is -2.47. The van der Waals surface area contributed by atoms with E-state index in [-0.39, 0.29) is 30.2 Å². The van der Waals surface area contributed by atoms with E-state index in [2.05, 4.69) is 106 Å². The second-order valence-corrected chi connectivity index (χ2v) is 8.26. The van der Waals surface area contributed by atoms with Gasteiger partial charge < -0.3 is 5.32 Å². The Morgan fingerprint density at radius 2 is 1.38 bits per heavy atom. The Labute approximate surface area is 191 Å². The summed E-state index contributed by atoms with van der Waals surface area (Å²) < 4.78 is 0. The number of benzene rings is 2. The number of unbranched alkanes of at least 4 members (excludes halogenated alkanes) is 2. The molecule has 0 aliphatic heterocycles. The summed E-state index contributed by atoms with van der Waals surface area (Å²) in [7, 11) is 6.48. The normalized spacial score (nSPS) is 14.0. The van der Waals surface area contributed by atoms with Crippen LogP contribution in [0.3, 0.4) is 0 Å². The molecule has 164 valence electrons. The van der Waals surface area contributed by atoms with Crippen LogP contribution in [0.15, 0.2) is 60.7 Å². The monoisotopic (exact) mass is 438 g/mol. The van der Waals surface area contributed by atoms with E-state index in [9.17, 15) is 0 Å². The van der Waals surface area contributed by atoms with Crippen LogP contribution in [0.5, 0.6) is 0 Å². The van der Waals surface area contributed by atoms with E-state index in [1.807, 2.05) is 0 Å². The first-order valence-corrected chi connectivity index (χ1v) is 10.5. The molecule has 0 saturated carbocycles. The van der Waals surface area contributed by atoms with Crippen LogP contribution >= 0.6 is 24.8 Å². The highest BCUT2D eigenvalue weighted by atomic mass is 35.5. The molecule has 2 nitrogen and oxygen atoms in total. The van der Waals surface area contributed by atoms with E-state index < -0.39 is 0 Å². The summed E-state index contributed by atoms with van der Waals surface area (Å²) in [5.41, 5.74) is 3.01. The standard InChI is InChI=1S/C25H38N2.2ClH/c1-21(2)25(24(26-3)27(4)5,23-18-12-7-13-19-23)20-14-8-11-17-22-15-9-6-10-16-22;;/h6-7,9-10,12-13,15-16,18-19,21,24,26H,8,11,14,17,20H2,1-5H3;2*1H. The van der Waals surface area contributed by atoms with Crippen molar-refractivity contribution in [3.8, 4) is 0 Å². The highest BCUT2D eigenvalue weighted by Crippen LogP contribution is 2.41. The fourth-order valence-electron chi connectivity index (χ4n) is 4.67. The van der Waals surface area contributed by atoms with Gasteiger partial charge in [0.2, 0.25) is 0 Å². The Morgan fingerprint density at radius 1 is 0.828 bits per heavy atom. The van der Waals surface area contributed by atoms with E-state index in [4.69, 9.17) is 0 Å². The van der Waals surface area contributed by atoms with Crippen molar-refractivity contribution >= 4 is 24.8 Å². The minimum absolute atomic E-state index is 0. The molecule has 0 heterocycles. The number of aryl methyl sites for hydroxylation is 1. The molecule has 0 fully saturated rings. The van der Waals surface area contributed by atoms with E-state index >= 15 is 0 Å². The van der Waals surface area contributed by atoms with E-state index in [0.717, 1.165) is 0 Å². The van der Waals surface area contributed by atoms with Gasteiger partial charge in [-0.2, -0.15) is 0 Å². The number of hydrogen-bond donors (Lipinski definition) is 1. The van der Waals surface area contributed by atoms with Crippen LogP contribution in [0, 0.1) is 5.92 Å². The highest BCUT2D eigenvalue weighted by Gasteiger charge is 2.43. The summed E-state index contributed by atoms with van der Waals surface area (Å²) in [6.07, 6.45) is 6.50. The van der Waals surface area contributed by atoms with Gasteiger partial charge in [0.1, 0.15) is 0 Å². The van der Waals surface area contributed by atoms with Crippen LogP contribution in [0.25, 0.3) is 0 Å². The zero-order chi connectivity index (χ0) is 19.7. The number of hydrogen-bond acceptors (Lipinski definition) is 2. The lowest BCUT2D eigenvalue weighted by Crippen LogP contribution is -2.57. The summed E-state index contributed by atoms with van der Waals surface area (Å²) in [6, 6.07) is 22.0. The molecule has 0 spiro atoms. The topological polar surface area (TPSA) is 15.3 Å². The molecule has 4 heteroatoms. The molecule has 2 atom stereocenters. The fourth-order valence-corrected chi connectivity index (χ4v) is 4.67. The summed E-state index contributed by atoms with van der Waals surface area (Å²) in [5, 5.41) is 3.61. The molecular formula is C25H40Cl2N2. The lowest BCUT2D eigenvalue weighted by atomic mass is 9.65. The van der Waals surface area contributed by atoms with Crippen molar-refractivity contribution in [2.75, 3.05) is 21.1 Å². The Morgan fingerprint density at radius 3 is 1.86 bits per heavy atom. The molecule has 29 heavy (non-hydrogen) atoms. The fraction of sp³-hybridized carbons (Fsp3) is 0.520. The molecular weight excluding hydrogens is 399 g/mol. The van der Waals surface area contributed by atoms with Gasteiger partial charge >= 0.3 is 0 Å². The van der Waals surface area contributed by atoms with Crippen LogP contribution < -0.4 is 5.32 Å². The molecule has 0 saturated heterocycles. The Kier molecular flexibility index (Phi) is 13.5. The summed E-state index contributed by atoms with van der Waals surface area (Å²) in [6.45, 7) is 4.76. The summed E-state index contributed by atoms with van der Waals surface area (Å²) in [5.74, 6) is 0.550. The number of nitrogens with zero attached hydrogens (tertiary/aromatic N) is 1. The van der Waals surface area contributed by atoms with Gasteiger partial charge in [-0.15, -0.1) is 24.8 Å². The maximum absolute atomic E-state index is 3.61. The van der Waals surface area contributed by atoms with Crippen LogP contribution in [0.2, 0.25) is 0 Å². The third kappa shape index (κ3) is 7.29.